The summed E-state index contributed by atoms with van der Waals surface area (Å²) in [4.78, 5) is 11.5. The van der Waals surface area contributed by atoms with Gasteiger partial charge < -0.3 is 24.8 Å². The van der Waals surface area contributed by atoms with E-state index in [4.69, 9.17) is 14.2 Å². The van der Waals surface area contributed by atoms with Crippen molar-refractivity contribution in [3.63, 3.8) is 0 Å². The van der Waals surface area contributed by atoms with Crippen molar-refractivity contribution >= 4 is 11.7 Å². The lowest BCUT2D eigenvalue weighted by molar-refractivity contribution is 0.177. The quantitative estimate of drug-likeness (QED) is 0.744. The summed E-state index contributed by atoms with van der Waals surface area (Å²) in [7, 11) is 1.50. The summed E-state index contributed by atoms with van der Waals surface area (Å²) in [5.74, 6) is 1.26. The standard InChI is InChI=1S/C13H20N2O4/c1-4-18-11-7-6-10(8-12(11)19-5-2)15-13(16)14-9-17-3/h6-8H,4-5,9H2,1-3H3,(H2,14,15,16). The molecule has 0 fully saturated rings. The molecule has 106 valence electrons. The van der Waals surface area contributed by atoms with Crippen molar-refractivity contribution < 1.29 is 19.0 Å². The number of ether oxygens (including phenoxy) is 3. The van der Waals surface area contributed by atoms with E-state index in [1.54, 1.807) is 18.2 Å². The van der Waals surface area contributed by atoms with Crippen LogP contribution in [-0.2, 0) is 4.74 Å². The first-order valence-corrected chi connectivity index (χ1v) is 6.14. The van der Waals surface area contributed by atoms with Crippen LogP contribution in [0, 0.1) is 0 Å². The Hall–Kier alpha value is -1.95. The molecular weight excluding hydrogens is 248 g/mol. The fourth-order valence-electron chi connectivity index (χ4n) is 1.44. The van der Waals surface area contributed by atoms with Crippen molar-refractivity contribution in [3.05, 3.63) is 18.2 Å². The zero-order chi connectivity index (χ0) is 14.1. The van der Waals surface area contributed by atoms with Crippen LogP contribution in [-0.4, -0.2) is 33.1 Å². The molecule has 6 heteroatoms. The molecule has 1 aromatic carbocycles. The van der Waals surface area contributed by atoms with Crippen LogP contribution < -0.4 is 20.1 Å². The molecule has 1 aromatic rings. The highest BCUT2D eigenvalue weighted by Crippen LogP contribution is 2.30. The number of hydrogen-bond acceptors (Lipinski definition) is 4. The van der Waals surface area contributed by atoms with Gasteiger partial charge in [-0.05, 0) is 26.0 Å². The van der Waals surface area contributed by atoms with Gasteiger partial charge in [0, 0.05) is 18.9 Å². The van der Waals surface area contributed by atoms with Gasteiger partial charge in [0.25, 0.3) is 0 Å². The summed E-state index contributed by atoms with van der Waals surface area (Å²) in [6.07, 6.45) is 0. The number of amides is 2. The molecule has 0 radical (unpaired) electrons. The summed E-state index contributed by atoms with van der Waals surface area (Å²) in [5, 5.41) is 5.21. The zero-order valence-electron chi connectivity index (χ0n) is 11.5. The molecule has 0 bridgehead atoms. The maximum absolute atomic E-state index is 11.5. The van der Waals surface area contributed by atoms with Gasteiger partial charge in [0.15, 0.2) is 11.5 Å². The number of nitrogens with one attached hydrogen (secondary N) is 2. The third-order valence-corrected chi connectivity index (χ3v) is 2.18. The molecule has 0 aliphatic heterocycles. The number of urea groups is 1. The molecular formula is C13H20N2O4. The largest absolute Gasteiger partial charge is 0.490 e. The van der Waals surface area contributed by atoms with Gasteiger partial charge in [-0.15, -0.1) is 0 Å². The summed E-state index contributed by atoms with van der Waals surface area (Å²) in [6.45, 7) is 5.03. The van der Waals surface area contributed by atoms with E-state index in [0.29, 0.717) is 30.4 Å². The second kappa shape index (κ2) is 8.20. The Kier molecular flexibility index (Phi) is 6.52. The van der Waals surface area contributed by atoms with Gasteiger partial charge in [0.2, 0.25) is 0 Å². The Morgan fingerprint density at radius 2 is 1.84 bits per heavy atom. The van der Waals surface area contributed by atoms with Crippen molar-refractivity contribution in [1.82, 2.24) is 5.32 Å². The fraction of sp³-hybridized carbons (Fsp3) is 0.462. The number of anilines is 1. The van der Waals surface area contributed by atoms with Crippen molar-refractivity contribution in [2.75, 3.05) is 32.4 Å². The van der Waals surface area contributed by atoms with Crippen molar-refractivity contribution in [2.45, 2.75) is 13.8 Å². The number of benzene rings is 1. The third kappa shape index (κ3) is 5.05. The van der Waals surface area contributed by atoms with Crippen LogP contribution >= 0.6 is 0 Å². The Morgan fingerprint density at radius 1 is 1.16 bits per heavy atom. The molecule has 19 heavy (non-hydrogen) atoms. The maximum atomic E-state index is 11.5. The molecule has 0 unspecified atom stereocenters. The van der Waals surface area contributed by atoms with Crippen LogP contribution in [0.2, 0.25) is 0 Å². The second-order valence-electron chi connectivity index (χ2n) is 3.59. The summed E-state index contributed by atoms with van der Waals surface area (Å²) >= 11 is 0. The Morgan fingerprint density at radius 3 is 2.47 bits per heavy atom. The minimum absolute atomic E-state index is 0.154. The van der Waals surface area contributed by atoms with E-state index in [9.17, 15) is 4.79 Å². The number of rotatable bonds is 7. The van der Waals surface area contributed by atoms with E-state index >= 15 is 0 Å². The van der Waals surface area contributed by atoms with Gasteiger partial charge in [0.05, 0.1) is 13.2 Å². The number of methoxy groups -OCH3 is 1. The average Bonchev–Trinajstić information content (AvgIpc) is 2.40. The number of carbonyl (C=O) groups is 1. The van der Waals surface area contributed by atoms with Crippen molar-refractivity contribution in [2.24, 2.45) is 0 Å². The predicted molar refractivity (Wildman–Crippen MR) is 72.8 cm³/mol. The van der Waals surface area contributed by atoms with E-state index in [1.165, 1.54) is 7.11 Å². The van der Waals surface area contributed by atoms with Crippen LogP contribution in [0.5, 0.6) is 11.5 Å². The first-order valence-electron chi connectivity index (χ1n) is 6.14. The summed E-state index contributed by atoms with van der Waals surface area (Å²) in [6, 6.07) is 4.90. The van der Waals surface area contributed by atoms with Gasteiger partial charge in [0.1, 0.15) is 6.73 Å². The van der Waals surface area contributed by atoms with Crippen LogP contribution in [0.25, 0.3) is 0 Å². The first kappa shape index (κ1) is 15.1. The molecule has 6 nitrogen and oxygen atoms in total. The Bertz CT molecular complexity index is 410. The summed E-state index contributed by atoms with van der Waals surface area (Å²) < 4.78 is 15.7. The molecule has 0 heterocycles. The van der Waals surface area contributed by atoms with E-state index in [1.807, 2.05) is 13.8 Å². The van der Waals surface area contributed by atoms with E-state index in [-0.39, 0.29) is 12.8 Å². The van der Waals surface area contributed by atoms with Crippen LogP contribution in [0.3, 0.4) is 0 Å². The number of carbonyl (C=O) groups excluding carboxylic acids is 1. The third-order valence-electron chi connectivity index (χ3n) is 2.18. The van der Waals surface area contributed by atoms with Crippen molar-refractivity contribution in [1.29, 1.82) is 0 Å². The van der Waals surface area contributed by atoms with Crippen LogP contribution in [0.15, 0.2) is 18.2 Å². The Labute approximate surface area is 113 Å². The van der Waals surface area contributed by atoms with Crippen LogP contribution in [0.1, 0.15) is 13.8 Å². The van der Waals surface area contributed by atoms with Crippen molar-refractivity contribution in [3.8, 4) is 11.5 Å². The SMILES string of the molecule is CCOc1ccc(NC(=O)NCOC)cc1OCC. The monoisotopic (exact) mass is 268 g/mol. The molecule has 0 aliphatic rings. The minimum atomic E-state index is -0.339. The molecule has 1 rings (SSSR count). The molecule has 0 aliphatic carbocycles. The Balaban J connectivity index is 2.74. The van der Waals surface area contributed by atoms with Crippen LogP contribution in [0.4, 0.5) is 10.5 Å². The minimum Gasteiger partial charge on any atom is -0.490 e. The van der Waals surface area contributed by atoms with Gasteiger partial charge in [-0.3, -0.25) is 0 Å². The smallest absolute Gasteiger partial charge is 0.321 e. The lowest BCUT2D eigenvalue weighted by atomic mass is 10.2. The highest BCUT2D eigenvalue weighted by molar-refractivity contribution is 5.89. The lowest BCUT2D eigenvalue weighted by Crippen LogP contribution is -2.30. The summed E-state index contributed by atoms with van der Waals surface area (Å²) in [5.41, 5.74) is 0.625. The normalized spacial score (nSPS) is 9.84. The molecule has 2 N–H and O–H groups in total. The highest BCUT2D eigenvalue weighted by Gasteiger charge is 2.08. The molecule has 0 atom stereocenters. The average molecular weight is 268 g/mol. The predicted octanol–water partition coefficient (Wildman–Crippen LogP) is 2.21. The first-order chi connectivity index (χ1) is 9.21. The second-order valence-corrected chi connectivity index (χ2v) is 3.59. The van der Waals surface area contributed by atoms with Gasteiger partial charge in [-0.1, -0.05) is 0 Å². The van der Waals surface area contributed by atoms with E-state index in [0.717, 1.165) is 0 Å². The fourth-order valence-corrected chi connectivity index (χ4v) is 1.44. The maximum Gasteiger partial charge on any atom is 0.321 e. The highest BCUT2D eigenvalue weighted by atomic mass is 16.5. The molecule has 0 spiro atoms. The molecule has 0 aromatic heterocycles. The zero-order valence-corrected chi connectivity index (χ0v) is 11.5. The molecule has 0 saturated heterocycles. The van der Waals surface area contributed by atoms with Gasteiger partial charge in [-0.2, -0.15) is 0 Å². The topological polar surface area (TPSA) is 68.8 Å². The number of hydrogen-bond donors (Lipinski definition) is 2. The van der Waals surface area contributed by atoms with Gasteiger partial charge >= 0.3 is 6.03 Å². The van der Waals surface area contributed by atoms with E-state index in [2.05, 4.69) is 10.6 Å². The molecule has 0 saturated carbocycles. The lowest BCUT2D eigenvalue weighted by Gasteiger charge is -2.13. The van der Waals surface area contributed by atoms with Gasteiger partial charge in [-0.25, -0.2) is 4.79 Å². The molecule has 2 amide bonds. The van der Waals surface area contributed by atoms with E-state index < -0.39 is 0 Å².